The second-order valence-corrected chi connectivity index (χ2v) is 7.05. The highest BCUT2D eigenvalue weighted by Crippen LogP contribution is 2.31. The van der Waals surface area contributed by atoms with Gasteiger partial charge in [0.05, 0.1) is 0 Å². The maximum absolute atomic E-state index is 12.7. The quantitative estimate of drug-likeness (QED) is 0.943. The van der Waals surface area contributed by atoms with Crippen LogP contribution in [0.15, 0.2) is 11.4 Å². The number of nitrogens with zero attached hydrogens (tertiary/aromatic N) is 3. The summed E-state index contributed by atoms with van der Waals surface area (Å²) >= 11 is 3.15. The van der Waals surface area contributed by atoms with Crippen LogP contribution in [0.25, 0.3) is 0 Å². The molecule has 0 aromatic carbocycles. The first-order chi connectivity index (χ1) is 10.1. The normalized spacial score (nSPS) is 14.1. The van der Waals surface area contributed by atoms with Crippen molar-refractivity contribution in [3.05, 3.63) is 26.8 Å². The van der Waals surface area contributed by atoms with E-state index < -0.39 is 0 Å². The highest BCUT2D eigenvalue weighted by Gasteiger charge is 2.26. The topological polar surface area (TPSA) is 62.5 Å². The molecular weight excluding hydrogens is 304 g/mol. The molecule has 7 heteroatoms. The van der Waals surface area contributed by atoms with Crippen molar-refractivity contribution in [2.45, 2.75) is 19.9 Å². The minimum absolute atomic E-state index is 0.00222. The Morgan fingerprint density at radius 1 is 1.57 bits per heavy atom. The van der Waals surface area contributed by atoms with E-state index in [1.165, 1.54) is 21.8 Å². The van der Waals surface area contributed by atoms with Gasteiger partial charge in [0.25, 0.3) is 5.91 Å². The number of hydrogen-bond donors (Lipinski definition) is 1. The summed E-state index contributed by atoms with van der Waals surface area (Å²) in [6, 6.07) is 2.10. The van der Waals surface area contributed by atoms with Crippen molar-refractivity contribution >= 4 is 39.5 Å². The third-order valence-electron chi connectivity index (χ3n) is 3.73. The Bertz CT molecular complexity index is 664. The number of anilines is 2. The van der Waals surface area contributed by atoms with Crippen LogP contribution in [0.2, 0.25) is 0 Å². The molecule has 1 aliphatic rings. The van der Waals surface area contributed by atoms with E-state index in [0.717, 1.165) is 24.6 Å². The fourth-order valence-electron chi connectivity index (χ4n) is 2.34. The molecule has 0 saturated carbocycles. The van der Waals surface area contributed by atoms with E-state index in [-0.39, 0.29) is 5.91 Å². The molecule has 2 aromatic rings. The number of carbonyl (C=O) groups is 1. The van der Waals surface area contributed by atoms with E-state index in [0.29, 0.717) is 17.2 Å². The van der Waals surface area contributed by atoms with E-state index in [9.17, 15) is 4.79 Å². The van der Waals surface area contributed by atoms with Gasteiger partial charge >= 0.3 is 0 Å². The summed E-state index contributed by atoms with van der Waals surface area (Å²) in [7, 11) is 1.95. The molecule has 0 atom stereocenters. The van der Waals surface area contributed by atoms with E-state index >= 15 is 0 Å². The second-order valence-electron chi connectivity index (χ2n) is 5.07. The largest absolute Gasteiger partial charge is 0.382 e. The lowest BCUT2D eigenvalue weighted by molar-refractivity contribution is 0.0741. The number of thiophene rings is 1. The van der Waals surface area contributed by atoms with Gasteiger partial charge in [0, 0.05) is 31.6 Å². The lowest BCUT2D eigenvalue weighted by Gasteiger charge is -2.26. The van der Waals surface area contributed by atoms with Gasteiger partial charge in [-0.3, -0.25) is 4.79 Å². The number of carbonyl (C=O) groups excluding carboxylic acids is 1. The number of aromatic nitrogens is 1. The van der Waals surface area contributed by atoms with Crippen LogP contribution in [0.1, 0.15) is 27.0 Å². The van der Waals surface area contributed by atoms with Gasteiger partial charge in [-0.05, 0) is 30.4 Å². The molecule has 0 bridgehead atoms. The zero-order valence-corrected chi connectivity index (χ0v) is 13.8. The predicted molar refractivity (Wildman–Crippen MR) is 88.2 cm³/mol. The minimum Gasteiger partial charge on any atom is -0.382 e. The van der Waals surface area contributed by atoms with Gasteiger partial charge in [0.2, 0.25) is 0 Å². The highest BCUT2D eigenvalue weighted by atomic mass is 32.1. The molecule has 2 aromatic heterocycles. The zero-order chi connectivity index (χ0) is 15.0. The average molecular weight is 322 g/mol. The van der Waals surface area contributed by atoms with Gasteiger partial charge in [-0.2, -0.15) is 0 Å². The van der Waals surface area contributed by atoms with Crippen molar-refractivity contribution in [3.8, 4) is 0 Å². The molecule has 3 heterocycles. The maximum atomic E-state index is 12.7. The summed E-state index contributed by atoms with van der Waals surface area (Å²) in [5.74, 6) is 0.342. The van der Waals surface area contributed by atoms with Gasteiger partial charge in [-0.1, -0.05) is 11.3 Å². The van der Waals surface area contributed by atoms with Gasteiger partial charge in [0.1, 0.15) is 10.7 Å². The number of thiazole rings is 1. The number of amides is 1. The van der Waals surface area contributed by atoms with Crippen LogP contribution in [0, 0.1) is 0 Å². The number of nitrogen functional groups attached to an aromatic ring is 1. The summed E-state index contributed by atoms with van der Waals surface area (Å²) in [5, 5.41) is 2.89. The summed E-state index contributed by atoms with van der Waals surface area (Å²) in [6.07, 6.45) is 0.930. The molecular formula is C14H18N4OS2. The van der Waals surface area contributed by atoms with Gasteiger partial charge in [0.15, 0.2) is 5.13 Å². The van der Waals surface area contributed by atoms with Crippen LogP contribution in [0.3, 0.4) is 0 Å². The molecule has 1 amide bonds. The zero-order valence-electron chi connectivity index (χ0n) is 12.1. The van der Waals surface area contributed by atoms with E-state index in [1.807, 2.05) is 23.8 Å². The standard InChI is InChI=1S/C14H18N4OS2/c1-3-17(2)14-16-12(15)11(21-14)13(19)18-6-4-10-9(8-18)5-7-20-10/h5,7H,3-4,6,8,15H2,1-2H3. The Morgan fingerprint density at radius 3 is 3.14 bits per heavy atom. The molecule has 3 rings (SSSR count). The van der Waals surface area contributed by atoms with Gasteiger partial charge in [-0.25, -0.2) is 4.98 Å². The fourth-order valence-corrected chi connectivity index (χ4v) is 4.21. The van der Waals surface area contributed by atoms with Crippen molar-refractivity contribution in [1.29, 1.82) is 0 Å². The number of nitrogens with two attached hydrogens (primary N) is 1. The van der Waals surface area contributed by atoms with Crippen LogP contribution in [0.4, 0.5) is 10.9 Å². The van der Waals surface area contributed by atoms with Gasteiger partial charge in [-0.15, -0.1) is 11.3 Å². The Kier molecular flexibility index (Phi) is 3.86. The number of fused-ring (bicyclic) bond motifs is 1. The third-order valence-corrected chi connectivity index (χ3v) is 5.93. The highest BCUT2D eigenvalue weighted by molar-refractivity contribution is 7.18. The summed E-state index contributed by atoms with van der Waals surface area (Å²) in [4.78, 5) is 22.8. The molecule has 21 heavy (non-hydrogen) atoms. The van der Waals surface area contributed by atoms with Crippen LogP contribution in [-0.4, -0.2) is 35.9 Å². The van der Waals surface area contributed by atoms with Crippen LogP contribution >= 0.6 is 22.7 Å². The molecule has 0 aliphatic carbocycles. The van der Waals surface area contributed by atoms with Crippen LogP contribution < -0.4 is 10.6 Å². The Balaban J connectivity index is 1.81. The van der Waals surface area contributed by atoms with Crippen molar-refractivity contribution in [2.24, 2.45) is 0 Å². The fraction of sp³-hybridized carbons (Fsp3) is 0.429. The van der Waals surface area contributed by atoms with Gasteiger partial charge < -0.3 is 15.5 Å². The predicted octanol–water partition coefficient (Wildman–Crippen LogP) is 2.44. The van der Waals surface area contributed by atoms with Crippen molar-refractivity contribution < 1.29 is 4.79 Å². The monoisotopic (exact) mass is 322 g/mol. The Labute approximate surface area is 132 Å². The van der Waals surface area contributed by atoms with E-state index in [1.54, 1.807) is 11.3 Å². The Hall–Kier alpha value is -1.60. The van der Waals surface area contributed by atoms with Crippen molar-refractivity contribution in [3.63, 3.8) is 0 Å². The summed E-state index contributed by atoms with van der Waals surface area (Å²) in [5.41, 5.74) is 7.20. The Morgan fingerprint density at radius 2 is 2.38 bits per heavy atom. The number of hydrogen-bond acceptors (Lipinski definition) is 6. The summed E-state index contributed by atoms with van der Waals surface area (Å²) in [6.45, 7) is 4.31. The first-order valence-corrected chi connectivity index (χ1v) is 8.61. The maximum Gasteiger partial charge on any atom is 0.268 e. The minimum atomic E-state index is -0.00222. The molecule has 5 nitrogen and oxygen atoms in total. The summed E-state index contributed by atoms with van der Waals surface area (Å²) < 4.78 is 0. The van der Waals surface area contributed by atoms with Crippen molar-refractivity contribution in [2.75, 3.05) is 30.8 Å². The third kappa shape index (κ3) is 2.63. The van der Waals surface area contributed by atoms with E-state index in [2.05, 4.69) is 16.4 Å². The molecule has 0 unspecified atom stereocenters. The molecule has 2 N–H and O–H groups in total. The second kappa shape index (κ2) is 5.65. The molecule has 0 spiro atoms. The molecule has 0 radical (unpaired) electrons. The van der Waals surface area contributed by atoms with Crippen molar-refractivity contribution in [1.82, 2.24) is 9.88 Å². The first kappa shape index (κ1) is 14.3. The lowest BCUT2D eigenvalue weighted by Crippen LogP contribution is -2.35. The van der Waals surface area contributed by atoms with Crippen LogP contribution in [0.5, 0.6) is 0 Å². The molecule has 0 saturated heterocycles. The smallest absolute Gasteiger partial charge is 0.268 e. The molecule has 1 aliphatic heterocycles. The SMILES string of the molecule is CCN(C)c1nc(N)c(C(=O)N2CCc3sccc3C2)s1. The van der Waals surface area contributed by atoms with Crippen LogP contribution in [-0.2, 0) is 13.0 Å². The average Bonchev–Trinajstić information content (AvgIpc) is 3.11. The molecule has 112 valence electrons. The lowest BCUT2D eigenvalue weighted by atomic mass is 10.1. The molecule has 0 fully saturated rings. The first-order valence-electron chi connectivity index (χ1n) is 6.92. The number of rotatable bonds is 3. The van der Waals surface area contributed by atoms with E-state index in [4.69, 9.17) is 5.73 Å².